The van der Waals surface area contributed by atoms with Gasteiger partial charge < -0.3 is 10.1 Å². The molecule has 1 N–H and O–H groups in total. The summed E-state index contributed by atoms with van der Waals surface area (Å²) in [5.74, 6) is 0.628. The van der Waals surface area contributed by atoms with Crippen molar-refractivity contribution in [1.29, 1.82) is 0 Å². The third-order valence-electron chi connectivity index (χ3n) is 6.61. The number of carbonyl (C=O) groups is 1. The number of amides is 1. The lowest BCUT2D eigenvalue weighted by atomic mass is 9.86. The van der Waals surface area contributed by atoms with Crippen molar-refractivity contribution in [3.8, 4) is 5.75 Å². The van der Waals surface area contributed by atoms with Crippen LogP contribution in [-0.2, 0) is 20.2 Å². The highest BCUT2D eigenvalue weighted by Gasteiger charge is 2.38. The summed E-state index contributed by atoms with van der Waals surface area (Å²) in [6.45, 7) is 6.79. The number of fused-ring (bicyclic) bond motifs is 1. The highest BCUT2D eigenvalue weighted by Crippen LogP contribution is 2.40. The average Bonchev–Trinajstić information content (AvgIpc) is 2.82. The van der Waals surface area contributed by atoms with Crippen LogP contribution >= 0.6 is 0 Å². The van der Waals surface area contributed by atoms with Crippen molar-refractivity contribution in [3.05, 3.63) is 54.1 Å². The molecule has 0 radical (unpaired) electrons. The first-order chi connectivity index (χ1) is 15.7. The number of nitrogens with one attached hydrogen (secondary N) is 1. The largest absolute Gasteiger partial charge is 0.476 e. The Morgan fingerprint density at radius 3 is 2.42 bits per heavy atom. The van der Waals surface area contributed by atoms with Gasteiger partial charge in [-0.15, -0.1) is 0 Å². The molecule has 0 aromatic heterocycles. The Morgan fingerprint density at radius 1 is 1.06 bits per heavy atom. The molecule has 33 heavy (non-hydrogen) atoms. The fraction of sp³-hybridized carbons (Fsp3) is 0.500. The Hall–Kier alpha value is -2.54. The number of ether oxygens (including phenoxy) is 1. The van der Waals surface area contributed by atoms with Gasteiger partial charge in [0.2, 0.25) is 0 Å². The predicted octanol–water partition coefficient (Wildman–Crippen LogP) is 4.64. The SMILES string of the molecule is CC(C)(C)c1ccc2c(c1)N(S(=O)(=O)c1ccccc1)CC(C(=O)NCC1CCCCC1)O2. The molecule has 0 spiro atoms. The summed E-state index contributed by atoms with van der Waals surface area (Å²) in [6.07, 6.45) is 5.01. The minimum atomic E-state index is -3.87. The van der Waals surface area contributed by atoms with E-state index in [9.17, 15) is 13.2 Å². The molecule has 0 saturated heterocycles. The molecule has 4 rings (SSSR count). The lowest BCUT2D eigenvalue weighted by Crippen LogP contribution is -2.51. The zero-order chi connectivity index (χ0) is 23.6. The molecule has 2 aliphatic rings. The Labute approximate surface area is 197 Å². The molecule has 1 unspecified atom stereocenters. The summed E-state index contributed by atoms with van der Waals surface area (Å²) in [6, 6.07) is 13.9. The van der Waals surface area contributed by atoms with Crippen LogP contribution in [-0.4, -0.2) is 33.5 Å². The molecule has 1 atom stereocenters. The van der Waals surface area contributed by atoms with Crippen LogP contribution < -0.4 is 14.4 Å². The molecule has 1 aliphatic heterocycles. The number of sulfonamides is 1. The number of nitrogens with zero attached hydrogens (tertiary/aromatic N) is 1. The molecule has 1 heterocycles. The van der Waals surface area contributed by atoms with Crippen LogP contribution in [0.3, 0.4) is 0 Å². The van der Waals surface area contributed by atoms with E-state index in [-0.39, 0.29) is 22.8 Å². The van der Waals surface area contributed by atoms with E-state index in [1.54, 1.807) is 36.4 Å². The van der Waals surface area contributed by atoms with Crippen molar-refractivity contribution in [2.45, 2.75) is 69.3 Å². The van der Waals surface area contributed by atoms with Gasteiger partial charge in [0.05, 0.1) is 17.1 Å². The second-order valence-electron chi connectivity index (χ2n) is 10.1. The molecular weight excluding hydrogens is 436 g/mol. The summed E-state index contributed by atoms with van der Waals surface area (Å²) in [4.78, 5) is 13.2. The molecule has 2 aromatic carbocycles. The van der Waals surface area contributed by atoms with E-state index in [4.69, 9.17) is 4.74 Å². The number of anilines is 1. The van der Waals surface area contributed by atoms with Gasteiger partial charge in [-0.2, -0.15) is 0 Å². The van der Waals surface area contributed by atoms with Crippen LogP contribution in [0.25, 0.3) is 0 Å². The van der Waals surface area contributed by atoms with Gasteiger partial charge in [-0.3, -0.25) is 9.10 Å². The monoisotopic (exact) mass is 470 g/mol. The zero-order valence-corrected chi connectivity index (χ0v) is 20.5. The predicted molar refractivity (Wildman–Crippen MR) is 130 cm³/mol. The summed E-state index contributed by atoms with van der Waals surface area (Å²) < 4.78 is 34.6. The number of hydrogen-bond acceptors (Lipinski definition) is 4. The lowest BCUT2D eigenvalue weighted by Gasteiger charge is -2.36. The molecule has 7 heteroatoms. The van der Waals surface area contributed by atoms with Crippen molar-refractivity contribution in [2.24, 2.45) is 5.92 Å². The molecule has 1 saturated carbocycles. The molecule has 0 bridgehead atoms. The number of carbonyl (C=O) groups excluding carboxylic acids is 1. The smallest absolute Gasteiger partial charge is 0.264 e. The molecule has 1 aliphatic carbocycles. The van der Waals surface area contributed by atoms with Crippen LogP contribution in [0.5, 0.6) is 5.75 Å². The standard InChI is InChI=1S/C26H34N2O4S/c1-26(2,3)20-14-15-23-22(16-20)28(33(30,31)21-12-8-5-9-13-21)18-24(32-23)25(29)27-17-19-10-6-4-7-11-19/h5,8-9,12-16,19,24H,4,6-7,10-11,17-18H2,1-3H3,(H,27,29). The topological polar surface area (TPSA) is 75.7 Å². The van der Waals surface area contributed by atoms with Crippen LogP contribution in [0.2, 0.25) is 0 Å². The fourth-order valence-electron chi connectivity index (χ4n) is 4.55. The molecule has 2 aromatic rings. The molecule has 1 fully saturated rings. The summed E-state index contributed by atoms with van der Waals surface area (Å²) >= 11 is 0. The van der Waals surface area contributed by atoms with Gasteiger partial charge in [0.1, 0.15) is 5.75 Å². The summed E-state index contributed by atoms with van der Waals surface area (Å²) in [7, 11) is -3.87. The van der Waals surface area contributed by atoms with Crippen molar-refractivity contribution >= 4 is 21.6 Å². The van der Waals surface area contributed by atoms with E-state index in [1.165, 1.54) is 23.6 Å². The van der Waals surface area contributed by atoms with E-state index < -0.39 is 16.1 Å². The van der Waals surface area contributed by atoms with Crippen LogP contribution in [0.1, 0.15) is 58.4 Å². The van der Waals surface area contributed by atoms with Gasteiger partial charge in [-0.05, 0) is 54.0 Å². The summed E-state index contributed by atoms with van der Waals surface area (Å²) in [5.41, 5.74) is 1.31. The van der Waals surface area contributed by atoms with Gasteiger partial charge >= 0.3 is 0 Å². The fourth-order valence-corrected chi connectivity index (χ4v) is 6.04. The Kier molecular flexibility index (Phi) is 6.71. The Morgan fingerprint density at radius 2 is 1.76 bits per heavy atom. The molecule has 6 nitrogen and oxygen atoms in total. The highest BCUT2D eigenvalue weighted by molar-refractivity contribution is 7.92. The number of benzene rings is 2. The lowest BCUT2D eigenvalue weighted by molar-refractivity contribution is -0.128. The van der Waals surface area contributed by atoms with Gasteiger partial charge in [0.25, 0.3) is 15.9 Å². The number of rotatable bonds is 5. The quantitative estimate of drug-likeness (QED) is 0.691. The van der Waals surface area contributed by atoms with E-state index >= 15 is 0 Å². The zero-order valence-electron chi connectivity index (χ0n) is 19.7. The van der Waals surface area contributed by atoms with E-state index in [1.807, 2.05) is 12.1 Å². The normalized spacial score (nSPS) is 19.5. The molecule has 1 amide bonds. The third-order valence-corrected chi connectivity index (χ3v) is 8.40. The van der Waals surface area contributed by atoms with Gasteiger partial charge in [-0.1, -0.05) is 64.3 Å². The van der Waals surface area contributed by atoms with Gasteiger partial charge in [0.15, 0.2) is 6.10 Å². The second-order valence-corrected chi connectivity index (χ2v) is 12.0. The maximum atomic E-state index is 13.6. The van der Waals surface area contributed by atoms with Crippen LogP contribution in [0.4, 0.5) is 5.69 Å². The summed E-state index contributed by atoms with van der Waals surface area (Å²) in [5, 5.41) is 3.01. The van der Waals surface area contributed by atoms with Gasteiger partial charge in [0, 0.05) is 6.54 Å². The van der Waals surface area contributed by atoms with Crippen molar-refractivity contribution in [2.75, 3.05) is 17.4 Å². The minimum absolute atomic E-state index is 0.0612. The first-order valence-electron chi connectivity index (χ1n) is 11.8. The first kappa shape index (κ1) is 23.6. The van der Waals surface area contributed by atoms with E-state index in [2.05, 4.69) is 26.1 Å². The maximum absolute atomic E-state index is 13.6. The van der Waals surface area contributed by atoms with Crippen molar-refractivity contribution in [1.82, 2.24) is 5.32 Å². The van der Waals surface area contributed by atoms with E-state index in [0.29, 0.717) is 23.9 Å². The third kappa shape index (κ3) is 5.18. The van der Waals surface area contributed by atoms with Crippen LogP contribution in [0.15, 0.2) is 53.4 Å². The highest BCUT2D eigenvalue weighted by atomic mass is 32.2. The maximum Gasteiger partial charge on any atom is 0.264 e. The number of hydrogen-bond donors (Lipinski definition) is 1. The van der Waals surface area contributed by atoms with Crippen LogP contribution in [0, 0.1) is 5.92 Å². The average molecular weight is 471 g/mol. The second kappa shape index (κ2) is 9.37. The molecular formula is C26H34N2O4S. The van der Waals surface area contributed by atoms with E-state index in [0.717, 1.165) is 18.4 Å². The Balaban J connectivity index is 1.64. The first-order valence-corrected chi connectivity index (χ1v) is 13.3. The van der Waals surface area contributed by atoms with Crippen molar-refractivity contribution < 1.29 is 17.9 Å². The minimum Gasteiger partial charge on any atom is -0.476 e. The molecule has 178 valence electrons. The van der Waals surface area contributed by atoms with Gasteiger partial charge in [-0.25, -0.2) is 8.42 Å². The Bertz CT molecular complexity index is 1090. The van der Waals surface area contributed by atoms with Crippen molar-refractivity contribution in [3.63, 3.8) is 0 Å².